The van der Waals surface area contributed by atoms with E-state index in [0.29, 0.717) is 38.1 Å². The maximum atomic E-state index is 13.7. The van der Waals surface area contributed by atoms with Crippen LogP contribution >= 0.6 is 0 Å². The second kappa shape index (κ2) is 10.1. The summed E-state index contributed by atoms with van der Waals surface area (Å²) in [6.07, 6.45) is 1.42. The molecule has 1 saturated heterocycles. The summed E-state index contributed by atoms with van der Waals surface area (Å²) < 4.78 is 39.8. The summed E-state index contributed by atoms with van der Waals surface area (Å²) in [4.78, 5) is 40.1. The van der Waals surface area contributed by atoms with Gasteiger partial charge in [-0.15, -0.1) is 0 Å². The predicted molar refractivity (Wildman–Crippen MR) is 129 cm³/mol. The van der Waals surface area contributed by atoms with Crippen molar-refractivity contribution in [2.24, 2.45) is 0 Å². The number of amides is 1. The van der Waals surface area contributed by atoms with Crippen LogP contribution in [-0.2, 0) is 17.8 Å². The quantitative estimate of drug-likeness (QED) is 0.445. The van der Waals surface area contributed by atoms with Crippen molar-refractivity contribution >= 4 is 17.3 Å². The highest BCUT2D eigenvalue weighted by atomic mass is 19.1. The molecule has 0 spiro atoms. The molecule has 3 heterocycles. The van der Waals surface area contributed by atoms with Gasteiger partial charge in [0.25, 0.3) is 5.56 Å². The number of ether oxygens (including phenoxy) is 2. The average molecular weight is 500 g/mol. The summed E-state index contributed by atoms with van der Waals surface area (Å²) in [6, 6.07) is 9.95. The van der Waals surface area contributed by atoms with Crippen LogP contribution in [0.25, 0.3) is 10.9 Å². The van der Waals surface area contributed by atoms with Crippen LogP contribution in [-0.4, -0.2) is 59.6 Å². The minimum atomic E-state index is -1.27. The van der Waals surface area contributed by atoms with E-state index < -0.39 is 30.7 Å². The van der Waals surface area contributed by atoms with Crippen LogP contribution in [0.5, 0.6) is 11.5 Å². The van der Waals surface area contributed by atoms with Gasteiger partial charge in [-0.25, -0.2) is 13.6 Å². The first-order chi connectivity index (χ1) is 17.5. The topological polar surface area (TPSA) is 82.8 Å². The molecule has 0 unspecified atom stereocenters. The van der Waals surface area contributed by atoms with Crippen LogP contribution in [0.1, 0.15) is 30.0 Å². The van der Waals surface area contributed by atoms with E-state index in [2.05, 4.69) is 0 Å². The largest absolute Gasteiger partial charge is 0.493 e. The lowest BCUT2D eigenvalue weighted by Gasteiger charge is -2.31. The molecule has 10 heteroatoms. The molecule has 0 radical (unpaired) electrons. The average Bonchev–Trinajstić information content (AvgIpc) is 3.38. The lowest BCUT2D eigenvalue weighted by Crippen LogP contribution is -2.44. The van der Waals surface area contributed by atoms with Gasteiger partial charge in [0.2, 0.25) is 6.41 Å². The molecule has 8 nitrogen and oxygen atoms in total. The minimum absolute atomic E-state index is 0.0662. The number of nitrogens with zero attached hydrogens (tertiary/aromatic N) is 3. The monoisotopic (exact) mass is 499 g/mol. The highest BCUT2D eigenvalue weighted by Crippen LogP contribution is 2.28. The van der Waals surface area contributed by atoms with Crippen LogP contribution in [0.2, 0.25) is 0 Å². The Kier molecular flexibility index (Phi) is 6.75. The molecule has 2 aliphatic rings. The predicted octanol–water partition coefficient (Wildman–Crippen LogP) is 2.63. The number of carbonyl (C=O) groups is 1. The van der Waals surface area contributed by atoms with Crippen molar-refractivity contribution in [2.45, 2.75) is 38.0 Å². The molecule has 5 rings (SSSR count). The number of benzene rings is 2. The lowest BCUT2D eigenvalue weighted by molar-refractivity contribution is -0.119. The summed E-state index contributed by atoms with van der Waals surface area (Å²) >= 11 is 0. The first kappa shape index (κ1) is 24.0. The molecule has 0 atom stereocenters. The maximum Gasteiger partial charge on any atom is 0.332 e. The Morgan fingerprint density at radius 2 is 1.86 bits per heavy atom. The number of carbonyl (C=O) groups excluding carboxylic acids is 1. The molecular weight excluding hydrogens is 472 g/mol. The normalized spacial score (nSPS) is 15.8. The van der Waals surface area contributed by atoms with Crippen molar-refractivity contribution in [1.29, 1.82) is 0 Å². The number of aromatic nitrogens is 2. The van der Waals surface area contributed by atoms with E-state index in [0.717, 1.165) is 29.7 Å². The van der Waals surface area contributed by atoms with Gasteiger partial charge in [0.15, 0.2) is 6.10 Å². The molecule has 2 aliphatic heterocycles. The zero-order valence-electron chi connectivity index (χ0n) is 19.7. The molecule has 1 fully saturated rings. The van der Waals surface area contributed by atoms with Gasteiger partial charge in [-0.2, -0.15) is 0 Å². The fraction of sp³-hybridized carbons (Fsp3) is 0.423. The molecule has 3 aromatic rings. The van der Waals surface area contributed by atoms with Crippen molar-refractivity contribution in [3.8, 4) is 11.5 Å². The van der Waals surface area contributed by atoms with Gasteiger partial charge >= 0.3 is 5.69 Å². The summed E-state index contributed by atoms with van der Waals surface area (Å²) in [7, 11) is 0. The number of alkyl halides is 2. The molecule has 0 aliphatic carbocycles. The van der Waals surface area contributed by atoms with Crippen molar-refractivity contribution < 1.29 is 23.0 Å². The molecule has 1 amide bonds. The third-order valence-electron chi connectivity index (χ3n) is 6.89. The highest BCUT2D eigenvalue weighted by molar-refractivity contribution is 5.80. The number of rotatable bonds is 8. The lowest BCUT2D eigenvalue weighted by atomic mass is 10.0. The van der Waals surface area contributed by atoms with E-state index in [-0.39, 0.29) is 23.7 Å². The molecule has 2 aromatic carbocycles. The zero-order chi connectivity index (χ0) is 25.2. The Hall–Kier alpha value is -3.69. The van der Waals surface area contributed by atoms with Gasteiger partial charge in [-0.3, -0.25) is 18.7 Å². The number of likely N-dealkylation sites (tertiary alicyclic amines) is 1. The minimum Gasteiger partial charge on any atom is -0.493 e. The number of piperidine rings is 1. The molecule has 0 N–H and O–H groups in total. The molecule has 36 heavy (non-hydrogen) atoms. The number of halogens is 2. The number of fused-ring (bicyclic) bond motifs is 2. The smallest absolute Gasteiger partial charge is 0.332 e. The van der Waals surface area contributed by atoms with Crippen LogP contribution in [0.3, 0.4) is 0 Å². The second-order valence-electron chi connectivity index (χ2n) is 9.18. The van der Waals surface area contributed by atoms with E-state index >= 15 is 0 Å². The first-order valence-corrected chi connectivity index (χ1v) is 12.0. The van der Waals surface area contributed by atoms with E-state index in [1.807, 2.05) is 18.2 Å². The van der Waals surface area contributed by atoms with Crippen molar-refractivity contribution in [3.63, 3.8) is 0 Å². The molecule has 1 aromatic heterocycles. The van der Waals surface area contributed by atoms with Gasteiger partial charge in [0.05, 0.1) is 24.1 Å². The van der Waals surface area contributed by atoms with Crippen LogP contribution in [0, 0.1) is 0 Å². The Morgan fingerprint density at radius 1 is 1.08 bits per heavy atom. The molecule has 0 saturated carbocycles. The zero-order valence-corrected chi connectivity index (χ0v) is 19.7. The second-order valence-corrected chi connectivity index (χ2v) is 9.18. The van der Waals surface area contributed by atoms with Crippen LogP contribution < -0.4 is 20.7 Å². The number of hydrogen-bond acceptors (Lipinski definition) is 5. The van der Waals surface area contributed by atoms with Gasteiger partial charge in [-0.05, 0) is 48.2 Å². The van der Waals surface area contributed by atoms with Gasteiger partial charge in [-0.1, -0.05) is 12.1 Å². The standard InChI is InChI=1S/C26H27F2N3O5/c27-13-21(14-28)36-20-2-3-23-22(12-20)25(33)30(15-17-1-4-24-18(11-17)7-10-35-24)26(34)31(23)19-5-8-29(16-32)9-6-19/h1-4,11-12,16,19,21H,5-10,13-15H2. The summed E-state index contributed by atoms with van der Waals surface area (Å²) in [6.45, 7) is -0.339. The SMILES string of the molecule is O=CN1CCC(n2c(=O)n(Cc3ccc4c(c3)CCO4)c(=O)c3cc(OC(CF)CF)ccc32)CC1. The molecule has 0 bridgehead atoms. The Balaban J connectivity index is 1.62. The molecular formula is C26H27F2N3O5. The van der Waals surface area contributed by atoms with Gasteiger partial charge < -0.3 is 14.4 Å². The Bertz CT molecular complexity index is 1390. The van der Waals surface area contributed by atoms with Crippen molar-refractivity contribution in [3.05, 3.63) is 68.4 Å². The highest BCUT2D eigenvalue weighted by Gasteiger charge is 2.25. The summed E-state index contributed by atoms with van der Waals surface area (Å²) in [5, 5.41) is 0.228. The van der Waals surface area contributed by atoms with Gasteiger partial charge in [0.1, 0.15) is 24.8 Å². The Morgan fingerprint density at radius 3 is 2.58 bits per heavy atom. The van der Waals surface area contributed by atoms with Crippen molar-refractivity contribution in [2.75, 3.05) is 33.0 Å². The van der Waals surface area contributed by atoms with Crippen LogP contribution in [0.4, 0.5) is 8.78 Å². The molecule has 190 valence electrons. The fourth-order valence-corrected chi connectivity index (χ4v) is 4.99. The Labute approximate surface area is 205 Å². The third kappa shape index (κ3) is 4.47. The summed E-state index contributed by atoms with van der Waals surface area (Å²) in [5.41, 5.74) is 1.31. The first-order valence-electron chi connectivity index (χ1n) is 12.0. The fourth-order valence-electron chi connectivity index (χ4n) is 4.99. The van der Waals surface area contributed by atoms with Gasteiger partial charge in [0, 0.05) is 25.6 Å². The van der Waals surface area contributed by atoms with E-state index in [1.165, 1.54) is 16.7 Å². The van der Waals surface area contributed by atoms with E-state index in [9.17, 15) is 23.2 Å². The van der Waals surface area contributed by atoms with E-state index in [1.54, 1.807) is 15.5 Å². The summed E-state index contributed by atoms with van der Waals surface area (Å²) in [5.74, 6) is 0.961. The maximum absolute atomic E-state index is 13.7. The van der Waals surface area contributed by atoms with Crippen molar-refractivity contribution in [1.82, 2.24) is 14.0 Å². The number of hydrogen-bond donors (Lipinski definition) is 0. The van der Waals surface area contributed by atoms with E-state index in [4.69, 9.17) is 9.47 Å². The van der Waals surface area contributed by atoms with Crippen LogP contribution in [0.15, 0.2) is 46.0 Å². The third-order valence-corrected chi connectivity index (χ3v) is 6.89.